The van der Waals surface area contributed by atoms with Gasteiger partial charge in [0.05, 0.1) is 11.6 Å². The molecule has 1 aliphatic carbocycles. The fraction of sp³-hybridized carbons (Fsp3) is 0.438. The molecule has 2 atom stereocenters. The number of carbonyl (C=O) groups excluding carboxylic acids is 1. The Kier molecular flexibility index (Phi) is 4.09. The van der Waals surface area contributed by atoms with E-state index < -0.39 is 0 Å². The lowest BCUT2D eigenvalue weighted by molar-refractivity contribution is 0.0209. The molecule has 2 aromatic heterocycles. The molecule has 0 bridgehead atoms. The van der Waals surface area contributed by atoms with Crippen LogP contribution in [0.5, 0.6) is 0 Å². The maximum atomic E-state index is 12.4. The molecule has 0 spiro atoms. The molecular weight excluding hydrogens is 280 g/mol. The van der Waals surface area contributed by atoms with E-state index in [1.54, 1.807) is 24.5 Å². The first-order chi connectivity index (χ1) is 10.6. The van der Waals surface area contributed by atoms with Gasteiger partial charge < -0.3 is 9.64 Å². The number of aromatic nitrogens is 3. The number of ether oxygens (including phenoxy) is 1. The quantitative estimate of drug-likeness (QED) is 0.811. The Balaban J connectivity index is 1.72. The maximum Gasteiger partial charge on any atom is 0.338 e. The Morgan fingerprint density at radius 2 is 2.23 bits per heavy atom. The van der Waals surface area contributed by atoms with Gasteiger partial charge in [-0.2, -0.15) is 5.10 Å². The molecule has 1 saturated carbocycles. The number of esters is 1. The molecule has 2 heterocycles. The molecule has 116 valence electrons. The van der Waals surface area contributed by atoms with Crippen molar-refractivity contribution in [2.75, 3.05) is 19.0 Å². The van der Waals surface area contributed by atoms with Crippen LogP contribution in [0.1, 0.15) is 35.7 Å². The molecule has 6 heteroatoms. The van der Waals surface area contributed by atoms with Crippen LogP contribution in [-0.2, 0) is 4.74 Å². The van der Waals surface area contributed by atoms with Gasteiger partial charge in [0.1, 0.15) is 11.9 Å². The van der Waals surface area contributed by atoms with E-state index in [0.717, 1.165) is 25.1 Å². The number of nitrogens with zero attached hydrogens (tertiary/aromatic N) is 4. The number of hydrogen-bond acceptors (Lipinski definition) is 5. The Hall–Kier alpha value is -2.37. The van der Waals surface area contributed by atoms with E-state index in [0.29, 0.717) is 5.56 Å². The zero-order valence-corrected chi connectivity index (χ0v) is 12.8. The van der Waals surface area contributed by atoms with Gasteiger partial charge in [-0.3, -0.25) is 4.68 Å². The summed E-state index contributed by atoms with van der Waals surface area (Å²) in [7, 11) is 3.78. The molecule has 0 N–H and O–H groups in total. The highest BCUT2D eigenvalue weighted by atomic mass is 16.5. The molecule has 0 saturated heterocycles. The number of carbonyl (C=O) groups is 1. The van der Waals surface area contributed by atoms with E-state index in [2.05, 4.69) is 10.1 Å². The third-order valence-electron chi connectivity index (χ3n) is 3.98. The zero-order chi connectivity index (χ0) is 15.5. The van der Waals surface area contributed by atoms with Crippen molar-refractivity contribution >= 4 is 11.8 Å². The fourth-order valence-corrected chi connectivity index (χ4v) is 2.82. The molecule has 3 rings (SSSR count). The molecule has 1 aliphatic rings. The minimum absolute atomic E-state index is 0.122. The molecule has 1 fully saturated rings. The molecule has 6 nitrogen and oxygen atoms in total. The van der Waals surface area contributed by atoms with Crippen molar-refractivity contribution in [3.05, 3.63) is 42.4 Å². The predicted molar refractivity (Wildman–Crippen MR) is 82.9 cm³/mol. The smallest absolute Gasteiger partial charge is 0.338 e. The number of anilines is 1. The lowest BCUT2D eigenvalue weighted by Crippen LogP contribution is -2.25. The van der Waals surface area contributed by atoms with Crippen molar-refractivity contribution in [3.63, 3.8) is 0 Å². The normalized spacial score (nSPS) is 20.8. The van der Waals surface area contributed by atoms with E-state index >= 15 is 0 Å². The lowest BCUT2D eigenvalue weighted by Gasteiger charge is -2.21. The van der Waals surface area contributed by atoms with Gasteiger partial charge in [0, 0.05) is 32.7 Å². The lowest BCUT2D eigenvalue weighted by atomic mass is 10.2. The average Bonchev–Trinajstić information content (AvgIpc) is 3.18. The van der Waals surface area contributed by atoms with Gasteiger partial charge in [-0.25, -0.2) is 9.78 Å². The van der Waals surface area contributed by atoms with E-state index in [9.17, 15) is 4.79 Å². The van der Waals surface area contributed by atoms with Crippen LogP contribution in [0.3, 0.4) is 0 Å². The number of pyridine rings is 1. The summed E-state index contributed by atoms with van der Waals surface area (Å²) in [5.74, 6) is 0.444. The van der Waals surface area contributed by atoms with Gasteiger partial charge in [-0.15, -0.1) is 0 Å². The summed E-state index contributed by atoms with van der Waals surface area (Å²) in [5, 5.41) is 4.27. The number of rotatable bonds is 4. The van der Waals surface area contributed by atoms with Crippen molar-refractivity contribution in [2.45, 2.75) is 31.4 Å². The molecule has 22 heavy (non-hydrogen) atoms. The third kappa shape index (κ3) is 2.95. The Bertz CT molecular complexity index is 639. The van der Waals surface area contributed by atoms with Gasteiger partial charge >= 0.3 is 5.97 Å². The monoisotopic (exact) mass is 300 g/mol. The zero-order valence-electron chi connectivity index (χ0n) is 12.8. The fourth-order valence-electron chi connectivity index (χ4n) is 2.82. The minimum atomic E-state index is -0.297. The minimum Gasteiger partial charge on any atom is -0.456 e. The van der Waals surface area contributed by atoms with Crippen LogP contribution in [0.25, 0.3) is 0 Å². The largest absolute Gasteiger partial charge is 0.456 e. The molecule has 0 radical (unpaired) electrons. The van der Waals surface area contributed by atoms with Gasteiger partial charge in [-0.1, -0.05) is 0 Å². The second-order valence-electron chi connectivity index (χ2n) is 5.73. The van der Waals surface area contributed by atoms with Crippen LogP contribution in [-0.4, -0.2) is 40.9 Å². The van der Waals surface area contributed by atoms with Gasteiger partial charge in [0.25, 0.3) is 0 Å². The van der Waals surface area contributed by atoms with E-state index in [-0.39, 0.29) is 18.1 Å². The van der Waals surface area contributed by atoms with Crippen molar-refractivity contribution in [1.29, 1.82) is 0 Å². The summed E-state index contributed by atoms with van der Waals surface area (Å²) >= 11 is 0. The van der Waals surface area contributed by atoms with Crippen LogP contribution in [0.2, 0.25) is 0 Å². The molecule has 0 aromatic carbocycles. The average molecular weight is 300 g/mol. The molecular formula is C16H20N4O2. The van der Waals surface area contributed by atoms with Gasteiger partial charge in [0.15, 0.2) is 0 Å². The Labute approximate surface area is 129 Å². The van der Waals surface area contributed by atoms with Crippen molar-refractivity contribution in [2.24, 2.45) is 0 Å². The standard InChI is InChI=1S/C16H20N4O2/c1-19(2)15-11-12(7-9-17-15)16(21)22-14-6-3-5-13(14)20-10-4-8-18-20/h4,7-11,13-14H,3,5-6H2,1-2H3/t13-,14-/m1/s1. The van der Waals surface area contributed by atoms with Crippen LogP contribution in [0.4, 0.5) is 5.82 Å². The summed E-state index contributed by atoms with van der Waals surface area (Å²) < 4.78 is 7.61. The Morgan fingerprint density at radius 3 is 2.95 bits per heavy atom. The highest BCUT2D eigenvalue weighted by molar-refractivity contribution is 5.90. The predicted octanol–water partition coefficient (Wildman–Crippen LogP) is 2.29. The molecule has 0 aliphatic heterocycles. The van der Waals surface area contributed by atoms with Crippen LogP contribution >= 0.6 is 0 Å². The Morgan fingerprint density at radius 1 is 1.36 bits per heavy atom. The summed E-state index contributed by atoms with van der Waals surface area (Å²) in [4.78, 5) is 18.5. The first-order valence-corrected chi connectivity index (χ1v) is 7.48. The first-order valence-electron chi connectivity index (χ1n) is 7.48. The SMILES string of the molecule is CN(C)c1cc(C(=O)O[C@@H]2CCC[C@H]2n2cccn2)ccn1. The summed E-state index contributed by atoms with van der Waals surface area (Å²) in [6, 6.07) is 5.46. The van der Waals surface area contributed by atoms with Crippen molar-refractivity contribution < 1.29 is 9.53 Å². The van der Waals surface area contributed by atoms with Crippen molar-refractivity contribution in [3.8, 4) is 0 Å². The maximum absolute atomic E-state index is 12.4. The van der Waals surface area contributed by atoms with E-state index in [1.165, 1.54) is 0 Å². The summed E-state index contributed by atoms with van der Waals surface area (Å²) in [6.07, 6.45) is 8.09. The highest BCUT2D eigenvalue weighted by Gasteiger charge is 2.32. The summed E-state index contributed by atoms with van der Waals surface area (Å²) in [5.41, 5.74) is 0.532. The topological polar surface area (TPSA) is 60.2 Å². The molecule has 0 amide bonds. The second-order valence-corrected chi connectivity index (χ2v) is 5.73. The summed E-state index contributed by atoms with van der Waals surface area (Å²) in [6.45, 7) is 0. The van der Waals surface area contributed by atoms with Crippen LogP contribution in [0.15, 0.2) is 36.8 Å². The highest BCUT2D eigenvalue weighted by Crippen LogP contribution is 2.32. The first kappa shape index (κ1) is 14.6. The molecule has 2 aromatic rings. The second kappa shape index (κ2) is 6.17. The van der Waals surface area contributed by atoms with E-state index in [1.807, 2.05) is 35.9 Å². The van der Waals surface area contributed by atoms with Crippen molar-refractivity contribution in [1.82, 2.24) is 14.8 Å². The molecule has 0 unspecified atom stereocenters. The van der Waals surface area contributed by atoms with Gasteiger partial charge in [0.2, 0.25) is 0 Å². The van der Waals surface area contributed by atoms with E-state index in [4.69, 9.17) is 4.74 Å². The van der Waals surface area contributed by atoms with Crippen LogP contribution in [0, 0.1) is 0 Å². The number of hydrogen-bond donors (Lipinski definition) is 0. The van der Waals surface area contributed by atoms with Gasteiger partial charge in [-0.05, 0) is 37.5 Å². The third-order valence-corrected chi connectivity index (χ3v) is 3.98. The van der Waals surface area contributed by atoms with Crippen LogP contribution < -0.4 is 4.90 Å².